The summed E-state index contributed by atoms with van der Waals surface area (Å²) in [5.41, 5.74) is 6.47. The molecule has 1 atom stereocenters. The van der Waals surface area contributed by atoms with Crippen molar-refractivity contribution in [3.05, 3.63) is 24.3 Å². The molecule has 1 aliphatic rings. The van der Waals surface area contributed by atoms with E-state index in [2.05, 4.69) is 5.32 Å². The van der Waals surface area contributed by atoms with Crippen molar-refractivity contribution in [1.82, 2.24) is 5.32 Å². The molecular formula is C14H21N3O2. The van der Waals surface area contributed by atoms with E-state index in [4.69, 9.17) is 10.5 Å². The van der Waals surface area contributed by atoms with E-state index in [1.54, 1.807) is 7.11 Å². The number of primary amides is 1. The molecule has 1 aliphatic carbocycles. The van der Waals surface area contributed by atoms with Crippen LogP contribution in [0.25, 0.3) is 0 Å². The van der Waals surface area contributed by atoms with E-state index >= 15 is 0 Å². The molecule has 0 bridgehead atoms. The summed E-state index contributed by atoms with van der Waals surface area (Å²) in [4.78, 5) is 13.5. The van der Waals surface area contributed by atoms with Gasteiger partial charge in [0.2, 0.25) is 5.91 Å². The Bertz CT molecular complexity index is 429. The number of likely N-dealkylation sites (N-methyl/N-ethyl adjacent to an activating group) is 1. The maximum atomic E-state index is 11.4. The van der Waals surface area contributed by atoms with Crippen LogP contribution in [0.4, 0.5) is 5.69 Å². The Morgan fingerprint density at radius 2 is 2.11 bits per heavy atom. The minimum atomic E-state index is -0.306. The second-order valence-electron chi connectivity index (χ2n) is 4.97. The number of hydrogen-bond acceptors (Lipinski definition) is 4. The Hall–Kier alpha value is -1.75. The van der Waals surface area contributed by atoms with Gasteiger partial charge in [-0.3, -0.25) is 4.79 Å². The Labute approximate surface area is 113 Å². The highest BCUT2D eigenvalue weighted by molar-refractivity contribution is 5.80. The zero-order valence-electron chi connectivity index (χ0n) is 11.4. The second-order valence-corrected chi connectivity index (χ2v) is 4.97. The van der Waals surface area contributed by atoms with Gasteiger partial charge in [-0.05, 0) is 37.1 Å². The third kappa shape index (κ3) is 3.86. The van der Waals surface area contributed by atoms with Crippen LogP contribution in [-0.2, 0) is 4.79 Å². The summed E-state index contributed by atoms with van der Waals surface area (Å²) in [6.07, 6.45) is 2.27. The third-order valence-corrected chi connectivity index (χ3v) is 3.33. The number of rotatable bonds is 7. The number of ether oxygens (including phenoxy) is 1. The Kier molecular flexibility index (Phi) is 4.27. The number of nitrogens with zero attached hydrogens (tertiary/aromatic N) is 1. The summed E-state index contributed by atoms with van der Waals surface area (Å²) in [6.45, 7) is 0.568. The SMILES string of the molecule is COc1ccc(N(C)CC(NC2CC2)C(N)=O)cc1. The van der Waals surface area contributed by atoms with Gasteiger partial charge in [0.1, 0.15) is 11.8 Å². The van der Waals surface area contributed by atoms with E-state index < -0.39 is 0 Å². The molecular weight excluding hydrogens is 242 g/mol. The van der Waals surface area contributed by atoms with Gasteiger partial charge < -0.3 is 20.7 Å². The molecule has 3 N–H and O–H groups in total. The van der Waals surface area contributed by atoms with Crippen molar-refractivity contribution in [1.29, 1.82) is 0 Å². The summed E-state index contributed by atoms with van der Waals surface area (Å²) in [6, 6.07) is 7.89. The van der Waals surface area contributed by atoms with Crippen molar-refractivity contribution in [2.45, 2.75) is 24.9 Å². The van der Waals surface area contributed by atoms with E-state index in [9.17, 15) is 4.79 Å². The van der Waals surface area contributed by atoms with Crippen LogP contribution in [0.5, 0.6) is 5.75 Å². The van der Waals surface area contributed by atoms with Crippen LogP contribution in [0, 0.1) is 0 Å². The quantitative estimate of drug-likeness (QED) is 0.761. The molecule has 1 aromatic carbocycles. The predicted octanol–water partition coefficient (Wildman–Crippen LogP) is 0.737. The minimum Gasteiger partial charge on any atom is -0.497 e. The van der Waals surface area contributed by atoms with Crippen LogP contribution in [0.2, 0.25) is 0 Å². The van der Waals surface area contributed by atoms with Gasteiger partial charge in [0.25, 0.3) is 0 Å². The number of anilines is 1. The van der Waals surface area contributed by atoms with Gasteiger partial charge in [-0.2, -0.15) is 0 Å². The molecule has 5 nitrogen and oxygen atoms in total. The molecule has 0 spiro atoms. The number of methoxy groups -OCH3 is 1. The van der Waals surface area contributed by atoms with E-state index in [-0.39, 0.29) is 11.9 Å². The van der Waals surface area contributed by atoms with Crippen molar-refractivity contribution in [3.63, 3.8) is 0 Å². The van der Waals surface area contributed by atoms with Gasteiger partial charge in [0.15, 0.2) is 0 Å². The number of carbonyl (C=O) groups is 1. The average Bonchev–Trinajstić information content (AvgIpc) is 3.22. The molecule has 104 valence electrons. The first-order valence-electron chi connectivity index (χ1n) is 6.50. The van der Waals surface area contributed by atoms with E-state index in [1.165, 1.54) is 0 Å². The highest BCUT2D eigenvalue weighted by Gasteiger charge is 2.27. The van der Waals surface area contributed by atoms with Crippen molar-refractivity contribution in [3.8, 4) is 5.75 Å². The number of benzene rings is 1. The molecule has 19 heavy (non-hydrogen) atoms. The Morgan fingerprint density at radius 1 is 1.47 bits per heavy atom. The molecule has 0 aromatic heterocycles. The summed E-state index contributed by atoms with van der Waals surface area (Å²) in [5.74, 6) is 0.520. The van der Waals surface area contributed by atoms with Crippen LogP contribution in [0.3, 0.4) is 0 Å². The molecule has 0 heterocycles. The fourth-order valence-corrected chi connectivity index (χ4v) is 1.98. The summed E-state index contributed by atoms with van der Waals surface area (Å²) < 4.78 is 5.12. The third-order valence-electron chi connectivity index (χ3n) is 3.33. The highest BCUT2D eigenvalue weighted by Crippen LogP contribution is 2.21. The largest absolute Gasteiger partial charge is 0.497 e. The van der Waals surface area contributed by atoms with Crippen LogP contribution in [-0.4, -0.2) is 38.7 Å². The first-order valence-corrected chi connectivity index (χ1v) is 6.50. The lowest BCUT2D eigenvalue weighted by atomic mass is 10.2. The van der Waals surface area contributed by atoms with Crippen LogP contribution in [0.15, 0.2) is 24.3 Å². The molecule has 1 aromatic rings. The van der Waals surface area contributed by atoms with E-state index in [0.717, 1.165) is 24.3 Å². The van der Waals surface area contributed by atoms with Gasteiger partial charge in [-0.25, -0.2) is 0 Å². The second kappa shape index (κ2) is 5.93. The Balaban J connectivity index is 1.96. The molecule has 1 fully saturated rings. The lowest BCUT2D eigenvalue weighted by molar-refractivity contribution is -0.119. The van der Waals surface area contributed by atoms with Crippen molar-refractivity contribution in [2.24, 2.45) is 5.73 Å². The number of nitrogens with two attached hydrogens (primary N) is 1. The molecule has 5 heteroatoms. The summed E-state index contributed by atoms with van der Waals surface area (Å²) >= 11 is 0. The zero-order chi connectivity index (χ0) is 13.8. The van der Waals surface area contributed by atoms with Gasteiger partial charge in [0, 0.05) is 25.3 Å². The van der Waals surface area contributed by atoms with E-state index in [0.29, 0.717) is 12.6 Å². The van der Waals surface area contributed by atoms with Gasteiger partial charge in [-0.15, -0.1) is 0 Å². The summed E-state index contributed by atoms with van der Waals surface area (Å²) in [7, 11) is 3.59. The summed E-state index contributed by atoms with van der Waals surface area (Å²) in [5, 5.41) is 3.27. The minimum absolute atomic E-state index is 0.299. The fraction of sp³-hybridized carbons (Fsp3) is 0.500. The Morgan fingerprint density at radius 3 is 2.58 bits per heavy atom. The lowest BCUT2D eigenvalue weighted by Gasteiger charge is -2.25. The normalized spacial score (nSPS) is 15.9. The highest BCUT2D eigenvalue weighted by atomic mass is 16.5. The maximum Gasteiger partial charge on any atom is 0.236 e. The topological polar surface area (TPSA) is 67.6 Å². The first kappa shape index (κ1) is 13.7. The molecule has 0 radical (unpaired) electrons. The predicted molar refractivity (Wildman–Crippen MR) is 75.4 cm³/mol. The van der Waals surface area contributed by atoms with E-state index in [1.807, 2.05) is 36.2 Å². The van der Waals surface area contributed by atoms with Crippen molar-refractivity contribution < 1.29 is 9.53 Å². The molecule has 1 unspecified atom stereocenters. The maximum absolute atomic E-state index is 11.4. The fourth-order valence-electron chi connectivity index (χ4n) is 1.98. The zero-order valence-corrected chi connectivity index (χ0v) is 11.4. The van der Waals surface area contributed by atoms with Crippen LogP contribution < -0.4 is 20.7 Å². The van der Waals surface area contributed by atoms with Gasteiger partial charge >= 0.3 is 0 Å². The smallest absolute Gasteiger partial charge is 0.236 e. The molecule has 0 aliphatic heterocycles. The molecule has 1 amide bonds. The number of hydrogen-bond donors (Lipinski definition) is 2. The van der Waals surface area contributed by atoms with Gasteiger partial charge in [0.05, 0.1) is 7.11 Å². The van der Waals surface area contributed by atoms with Crippen molar-refractivity contribution >= 4 is 11.6 Å². The molecule has 0 saturated heterocycles. The number of carbonyl (C=O) groups excluding carboxylic acids is 1. The lowest BCUT2D eigenvalue weighted by Crippen LogP contribution is -2.49. The molecule has 1 saturated carbocycles. The number of amides is 1. The number of nitrogens with one attached hydrogen (secondary N) is 1. The van der Waals surface area contributed by atoms with Crippen molar-refractivity contribution in [2.75, 3.05) is 25.6 Å². The van der Waals surface area contributed by atoms with Crippen LogP contribution in [0.1, 0.15) is 12.8 Å². The van der Waals surface area contributed by atoms with Crippen LogP contribution >= 0.6 is 0 Å². The van der Waals surface area contributed by atoms with Gasteiger partial charge in [-0.1, -0.05) is 0 Å². The average molecular weight is 263 g/mol. The first-order chi connectivity index (χ1) is 9.10. The standard InChI is InChI=1S/C14H21N3O2/c1-17(11-5-7-12(19-2)8-6-11)9-13(14(15)18)16-10-3-4-10/h5-8,10,13,16H,3-4,9H2,1-2H3,(H2,15,18). The monoisotopic (exact) mass is 263 g/mol. The molecule has 2 rings (SSSR count).